The van der Waals surface area contributed by atoms with E-state index in [1.54, 1.807) is 30.3 Å². The Hall–Kier alpha value is -2.49. The van der Waals surface area contributed by atoms with Crippen LogP contribution in [0.15, 0.2) is 53.4 Å². The van der Waals surface area contributed by atoms with Gasteiger partial charge in [0.1, 0.15) is 5.75 Å². The molecule has 1 amide bonds. The molecule has 0 fully saturated rings. The van der Waals surface area contributed by atoms with E-state index in [0.29, 0.717) is 42.6 Å². The highest BCUT2D eigenvalue weighted by molar-refractivity contribution is 7.89. The quantitative estimate of drug-likeness (QED) is 0.393. The number of thiocarbonyl (C=S) groups is 1. The molecule has 2 rings (SSSR count). The van der Waals surface area contributed by atoms with E-state index in [1.165, 1.54) is 16.4 Å². The zero-order valence-corrected chi connectivity index (χ0v) is 22.0. The van der Waals surface area contributed by atoms with Gasteiger partial charge in [0.2, 0.25) is 10.0 Å². The number of hydrogen-bond acceptors (Lipinski definition) is 5. The maximum absolute atomic E-state index is 12.9. The second-order valence-corrected chi connectivity index (χ2v) is 10.7. The zero-order chi connectivity index (χ0) is 25.1. The lowest BCUT2D eigenvalue weighted by Crippen LogP contribution is -2.34. The zero-order valence-electron chi connectivity index (χ0n) is 20.3. The highest BCUT2D eigenvalue weighted by Crippen LogP contribution is 2.20. The molecule has 0 radical (unpaired) electrons. The number of carbonyl (C=O) groups is 1. The van der Waals surface area contributed by atoms with Gasteiger partial charge < -0.3 is 10.1 Å². The van der Waals surface area contributed by atoms with Crippen molar-refractivity contribution in [2.24, 2.45) is 5.92 Å². The van der Waals surface area contributed by atoms with Gasteiger partial charge >= 0.3 is 0 Å². The molecular weight excluding hydrogens is 470 g/mol. The van der Waals surface area contributed by atoms with Gasteiger partial charge in [0, 0.05) is 18.8 Å². The first-order valence-corrected chi connectivity index (χ1v) is 13.5. The molecule has 0 heterocycles. The van der Waals surface area contributed by atoms with Crippen molar-refractivity contribution in [2.75, 3.05) is 25.0 Å². The van der Waals surface area contributed by atoms with Crippen molar-refractivity contribution in [1.82, 2.24) is 9.62 Å². The molecule has 7 nitrogen and oxygen atoms in total. The molecule has 0 aliphatic heterocycles. The fourth-order valence-electron chi connectivity index (χ4n) is 3.23. The Morgan fingerprint density at radius 3 is 2.24 bits per heavy atom. The van der Waals surface area contributed by atoms with E-state index in [-0.39, 0.29) is 15.9 Å². The second-order valence-electron chi connectivity index (χ2n) is 8.36. The van der Waals surface area contributed by atoms with Gasteiger partial charge in [-0.25, -0.2) is 8.42 Å². The lowest BCUT2D eigenvalue weighted by Gasteiger charge is -2.21. The average molecular weight is 506 g/mol. The predicted octanol–water partition coefficient (Wildman–Crippen LogP) is 5.05. The van der Waals surface area contributed by atoms with Gasteiger partial charge in [0.05, 0.1) is 17.1 Å². The molecule has 0 bridgehead atoms. The summed E-state index contributed by atoms with van der Waals surface area (Å²) in [4.78, 5) is 13.0. The van der Waals surface area contributed by atoms with Crippen LogP contribution in [0.2, 0.25) is 0 Å². The van der Waals surface area contributed by atoms with E-state index in [1.807, 2.05) is 19.9 Å². The molecule has 186 valence electrons. The third-order valence-corrected chi connectivity index (χ3v) is 7.12. The lowest BCUT2D eigenvalue weighted by atomic mass is 10.1. The first-order chi connectivity index (χ1) is 16.2. The number of ether oxygens (including phenoxy) is 1. The van der Waals surface area contributed by atoms with Crippen molar-refractivity contribution in [3.8, 4) is 5.75 Å². The van der Waals surface area contributed by atoms with Crippen LogP contribution < -0.4 is 15.4 Å². The molecule has 0 saturated carbocycles. The summed E-state index contributed by atoms with van der Waals surface area (Å²) in [6.45, 7) is 9.62. The average Bonchev–Trinajstić information content (AvgIpc) is 2.79. The smallest absolute Gasteiger partial charge is 0.261 e. The number of rotatable bonds is 12. The minimum Gasteiger partial charge on any atom is -0.493 e. The normalized spacial score (nSPS) is 11.5. The Kier molecular flexibility index (Phi) is 10.9. The fraction of sp³-hybridized carbons (Fsp3) is 0.440. The van der Waals surface area contributed by atoms with Crippen LogP contribution in [0.4, 0.5) is 5.69 Å². The predicted molar refractivity (Wildman–Crippen MR) is 141 cm³/mol. The molecule has 0 saturated heterocycles. The van der Waals surface area contributed by atoms with Crippen LogP contribution in [0.25, 0.3) is 0 Å². The van der Waals surface area contributed by atoms with Crippen molar-refractivity contribution >= 4 is 38.9 Å². The second kappa shape index (κ2) is 13.4. The SMILES string of the molecule is CCCN(CCC)S(=O)(=O)c1ccc(NC(=S)NC(=O)c2ccccc2OCCC(C)C)cc1. The van der Waals surface area contributed by atoms with Crippen molar-refractivity contribution in [1.29, 1.82) is 0 Å². The molecule has 0 unspecified atom stereocenters. The van der Waals surface area contributed by atoms with E-state index < -0.39 is 10.0 Å². The summed E-state index contributed by atoms with van der Waals surface area (Å²) < 4.78 is 33.1. The van der Waals surface area contributed by atoms with Crippen LogP contribution in [0, 0.1) is 5.92 Å². The molecular formula is C25H35N3O4S2. The number of amides is 1. The minimum atomic E-state index is -3.55. The number of anilines is 1. The summed E-state index contributed by atoms with van der Waals surface area (Å²) in [6.07, 6.45) is 2.38. The standard InChI is InChI=1S/C25H35N3O4S2/c1-5-16-28(17-6-2)34(30,31)21-13-11-20(12-14-21)26-25(33)27-24(29)22-9-7-8-10-23(22)32-18-15-19(3)4/h7-14,19H,5-6,15-18H2,1-4H3,(H2,26,27,29,33). The number of sulfonamides is 1. The Labute approximate surface area is 208 Å². The van der Waals surface area contributed by atoms with Gasteiger partial charge in [0.25, 0.3) is 5.91 Å². The van der Waals surface area contributed by atoms with E-state index >= 15 is 0 Å². The Morgan fingerprint density at radius 1 is 1.03 bits per heavy atom. The van der Waals surface area contributed by atoms with E-state index in [2.05, 4.69) is 24.5 Å². The van der Waals surface area contributed by atoms with Crippen molar-refractivity contribution in [3.05, 3.63) is 54.1 Å². The van der Waals surface area contributed by atoms with E-state index in [9.17, 15) is 13.2 Å². The Bertz CT molecular complexity index is 1050. The minimum absolute atomic E-state index is 0.108. The molecule has 2 aromatic rings. The summed E-state index contributed by atoms with van der Waals surface area (Å²) in [7, 11) is -3.55. The molecule has 9 heteroatoms. The van der Waals surface area contributed by atoms with Crippen LogP contribution >= 0.6 is 12.2 Å². The van der Waals surface area contributed by atoms with Gasteiger partial charge in [-0.2, -0.15) is 4.31 Å². The first-order valence-electron chi connectivity index (χ1n) is 11.6. The number of nitrogens with one attached hydrogen (secondary N) is 2. The van der Waals surface area contributed by atoms with Crippen LogP contribution in [0.5, 0.6) is 5.75 Å². The molecule has 0 atom stereocenters. The number of benzene rings is 2. The Balaban J connectivity index is 2.03. The summed E-state index contributed by atoms with van der Waals surface area (Å²) in [5.41, 5.74) is 0.965. The van der Waals surface area contributed by atoms with Gasteiger partial charge in [-0.3, -0.25) is 10.1 Å². The summed E-state index contributed by atoms with van der Waals surface area (Å²) in [5.74, 6) is 0.619. The lowest BCUT2D eigenvalue weighted by molar-refractivity contribution is 0.0973. The van der Waals surface area contributed by atoms with Crippen molar-refractivity contribution in [3.63, 3.8) is 0 Å². The molecule has 2 N–H and O–H groups in total. The third kappa shape index (κ3) is 8.07. The van der Waals surface area contributed by atoms with Crippen LogP contribution in [-0.4, -0.2) is 43.4 Å². The molecule has 0 spiro atoms. The number of carbonyl (C=O) groups excluding carboxylic acids is 1. The monoisotopic (exact) mass is 505 g/mol. The highest BCUT2D eigenvalue weighted by atomic mass is 32.2. The number of hydrogen-bond donors (Lipinski definition) is 2. The van der Waals surface area contributed by atoms with Crippen molar-refractivity contribution in [2.45, 2.75) is 51.9 Å². The van der Waals surface area contributed by atoms with Gasteiger partial charge in [-0.15, -0.1) is 0 Å². The molecule has 2 aromatic carbocycles. The topological polar surface area (TPSA) is 87.7 Å². The molecule has 34 heavy (non-hydrogen) atoms. The Morgan fingerprint density at radius 2 is 1.65 bits per heavy atom. The first kappa shape index (κ1) is 27.8. The highest BCUT2D eigenvalue weighted by Gasteiger charge is 2.23. The van der Waals surface area contributed by atoms with Gasteiger partial charge in [-0.05, 0) is 73.8 Å². The van der Waals surface area contributed by atoms with Crippen molar-refractivity contribution < 1.29 is 17.9 Å². The maximum Gasteiger partial charge on any atom is 0.261 e. The van der Waals surface area contributed by atoms with Crippen LogP contribution in [-0.2, 0) is 10.0 Å². The van der Waals surface area contributed by atoms with Crippen LogP contribution in [0.1, 0.15) is 57.3 Å². The molecule has 0 aliphatic carbocycles. The fourth-order valence-corrected chi connectivity index (χ4v) is 5.06. The third-order valence-electron chi connectivity index (χ3n) is 5.01. The largest absolute Gasteiger partial charge is 0.493 e. The van der Waals surface area contributed by atoms with Gasteiger partial charge in [-0.1, -0.05) is 39.8 Å². The number of para-hydroxylation sites is 1. The maximum atomic E-state index is 12.9. The summed E-state index contributed by atoms with van der Waals surface area (Å²) >= 11 is 5.28. The summed E-state index contributed by atoms with van der Waals surface area (Å²) in [5, 5.41) is 5.69. The number of nitrogens with zero attached hydrogens (tertiary/aromatic N) is 1. The van der Waals surface area contributed by atoms with Gasteiger partial charge in [0.15, 0.2) is 5.11 Å². The van der Waals surface area contributed by atoms with E-state index in [0.717, 1.165) is 19.3 Å². The van der Waals surface area contributed by atoms with Crippen LogP contribution in [0.3, 0.4) is 0 Å². The van der Waals surface area contributed by atoms with E-state index in [4.69, 9.17) is 17.0 Å². The molecule has 0 aliphatic rings. The molecule has 0 aromatic heterocycles. The summed E-state index contributed by atoms with van der Waals surface area (Å²) in [6, 6.07) is 13.4.